The summed E-state index contributed by atoms with van der Waals surface area (Å²) in [5, 5.41) is 22.5. The fourth-order valence-electron chi connectivity index (χ4n) is 5.98. The number of sulfonamides is 1. The highest BCUT2D eigenvalue weighted by Crippen LogP contribution is 2.38. The molecule has 1 heterocycles. The number of hydrogen-bond donors (Lipinski definition) is 3. The van der Waals surface area contributed by atoms with Crippen LogP contribution in [0.1, 0.15) is 38.8 Å². The first-order valence-corrected chi connectivity index (χ1v) is 19.8. The van der Waals surface area contributed by atoms with Crippen LogP contribution in [0.2, 0.25) is 0 Å². The van der Waals surface area contributed by atoms with E-state index in [4.69, 9.17) is 9.47 Å². The lowest BCUT2D eigenvalue weighted by Gasteiger charge is -2.21. The number of amides is 2. The lowest BCUT2D eigenvalue weighted by Crippen LogP contribution is -2.33. The van der Waals surface area contributed by atoms with Gasteiger partial charge in [-0.25, -0.2) is 18.0 Å². The van der Waals surface area contributed by atoms with Crippen LogP contribution in [0.5, 0.6) is 17.2 Å². The number of carbonyl (C=O) groups excluding carboxylic acids is 4. The molecule has 300 valence electrons. The van der Waals surface area contributed by atoms with Gasteiger partial charge in [-0.15, -0.1) is 5.10 Å². The molecule has 7 aromatic rings. The first kappa shape index (κ1) is 41.1. The van der Waals surface area contributed by atoms with Crippen LogP contribution >= 0.6 is 0 Å². The Kier molecular flexibility index (Phi) is 12.0. The third-order valence-electron chi connectivity index (χ3n) is 8.77. The Morgan fingerprint density at radius 3 is 2.17 bits per heavy atom. The van der Waals surface area contributed by atoms with Gasteiger partial charge in [-0.05, 0) is 79.6 Å². The number of hydrogen-bond acceptors (Lipinski definition) is 11. The Morgan fingerprint density at radius 2 is 1.46 bits per heavy atom. The van der Waals surface area contributed by atoms with Gasteiger partial charge in [0, 0.05) is 36.1 Å². The molecule has 0 bridgehead atoms. The third kappa shape index (κ3) is 9.69. The lowest BCUT2D eigenvalue weighted by atomic mass is 10.0. The van der Waals surface area contributed by atoms with Crippen molar-refractivity contribution in [3.63, 3.8) is 0 Å². The summed E-state index contributed by atoms with van der Waals surface area (Å²) in [5.74, 6) is -1.69. The molecule has 2 amide bonds. The molecule has 59 heavy (non-hydrogen) atoms. The largest absolute Gasteiger partial charge is 0.506 e. The van der Waals surface area contributed by atoms with Crippen LogP contribution in [-0.4, -0.2) is 65.7 Å². The summed E-state index contributed by atoms with van der Waals surface area (Å²) in [7, 11) is -2.33. The topological polar surface area (TPSA) is 199 Å². The molecule has 0 aliphatic carbocycles. The Bertz CT molecular complexity index is 2860. The Hall–Kier alpha value is -7.59. The fourth-order valence-corrected chi connectivity index (χ4v) is 6.53. The number of ether oxygens (including phenoxy) is 2. The highest BCUT2D eigenvalue weighted by Gasteiger charge is 2.26. The number of rotatable bonds is 8. The van der Waals surface area contributed by atoms with Crippen molar-refractivity contribution in [3.05, 3.63) is 144 Å². The number of esters is 2. The predicted molar refractivity (Wildman–Crippen MR) is 224 cm³/mol. The van der Waals surface area contributed by atoms with E-state index >= 15 is 0 Å². The van der Waals surface area contributed by atoms with Gasteiger partial charge in [0.15, 0.2) is 0 Å². The van der Waals surface area contributed by atoms with Crippen LogP contribution in [0.4, 0.5) is 21.9 Å². The molecule has 7 rings (SSSR count). The van der Waals surface area contributed by atoms with Crippen molar-refractivity contribution in [1.82, 2.24) is 15.0 Å². The molecular weight excluding hydrogens is 777 g/mol. The zero-order chi connectivity index (χ0) is 42.4. The summed E-state index contributed by atoms with van der Waals surface area (Å²) in [4.78, 5) is 52.7. The molecule has 0 spiro atoms. The molecule has 0 fully saturated rings. The standard InChI is InChI=1S/C35H30N6O7S.C8H8O2/c1-20-13-14-21(2)28(17-20)36-33(43)26-19-31(23-9-5-6-10-24(23)32(26)42)48-34(44)25-18-22(38-49(4,46)47)15-16-29(25)40(3)35(45)41-30-12-8-7-11-27(30)37-39-41;1-7(9)10-8-5-3-2-4-6-8/h5-19,38,42H,1-4H3,(H,36,43);2-6H,1H3. The molecule has 15 nitrogen and oxygen atoms in total. The van der Waals surface area contributed by atoms with E-state index in [1.165, 1.54) is 38.2 Å². The molecule has 0 aliphatic heterocycles. The zero-order valence-corrected chi connectivity index (χ0v) is 33.3. The molecule has 0 aliphatic rings. The summed E-state index contributed by atoms with van der Waals surface area (Å²) in [6.07, 6.45) is 0.956. The summed E-state index contributed by atoms with van der Waals surface area (Å²) in [6.45, 7) is 5.10. The zero-order valence-electron chi connectivity index (χ0n) is 32.5. The van der Waals surface area contributed by atoms with Gasteiger partial charge in [0.05, 0.1) is 28.6 Å². The van der Waals surface area contributed by atoms with E-state index in [1.54, 1.807) is 66.7 Å². The summed E-state index contributed by atoms with van der Waals surface area (Å²) >= 11 is 0. The van der Waals surface area contributed by atoms with Crippen molar-refractivity contribution in [3.8, 4) is 17.2 Å². The van der Waals surface area contributed by atoms with Crippen molar-refractivity contribution < 1.29 is 42.2 Å². The minimum absolute atomic E-state index is 0.0365. The summed E-state index contributed by atoms with van der Waals surface area (Å²) in [5.41, 5.74) is 2.94. The van der Waals surface area contributed by atoms with Crippen molar-refractivity contribution in [2.75, 3.05) is 28.2 Å². The Balaban J connectivity index is 0.000000512. The summed E-state index contributed by atoms with van der Waals surface area (Å²) < 4.78 is 38.2. The van der Waals surface area contributed by atoms with Crippen LogP contribution < -0.4 is 24.4 Å². The normalized spacial score (nSPS) is 10.9. The van der Waals surface area contributed by atoms with Crippen LogP contribution in [0.25, 0.3) is 21.8 Å². The van der Waals surface area contributed by atoms with E-state index in [9.17, 15) is 32.7 Å². The van der Waals surface area contributed by atoms with Crippen LogP contribution in [0.3, 0.4) is 0 Å². The van der Waals surface area contributed by atoms with E-state index in [0.29, 0.717) is 27.9 Å². The molecule has 3 N–H and O–H groups in total. The molecule has 0 unspecified atom stereocenters. The van der Waals surface area contributed by atoms with E-state index in [2.05, 4.69) is 20.4 Å². The van der Waals surface area contributed by atoms with Crippen molar-refractivity contribution in [1.29, 1.82) is 0 Å². The number of carbonyl (C=O) groups is 4. The van der Waals surface area contributed by atoms with Crippen molar-refractivity contribution in [2.45, 2.75) is 20.8 Å². The fraction of sp³-hybridized carbons (Fsp3) is 0.116. The van der Waals surface area contributed by atoms with Crippen molar-refractivity contribution in [2.24, 2.45) is 0 Å². The quantitative estimate of drug-likeness (QED) is 0.102. The number of nitrogens with zero attached hydrogens (tertiary/aromatic N) is 4. The van der Waals surface area contributed by atoms with Gasteiger partial charge in [0.1, 0.15) is 22.8 Å². The third-order valence-corrected chi connectivity index (χ3v) is 9.38. The first-order chi connectivity index (χ1) is 28.1. The van der Waals surface area contributed by atoms with Gasteiger partial charge in [-0.1, -0.05) is 71.9 Å². The second-order valence-electron chi connectivity index (χ2n) is 13.3. The number of phenolic OH excluding ortho intramolecular Hbond substituents is 1. The smallest absolute Gasteiger partial charge is 0.350 e. The number of para-hydroxylation sites is 2. The molecule has 0 saturated carbocycles. The minimum Gasteiger partial charge on any atom is -0.506 e. The monoisotopic (exact) mass is 814 g/mol. The van der Waals surface area contributed by atoms with Gasteiger partial charge < -0.3 is 19.9 Å². The second kappa shape index (κ2) is 17.3. The second-order valence-corrected chi connectivity index (χ2v) is 15.1. The SMILES string of the molecule is CC(=O)Oc1ccccc1.Cc1ccc(C)c(NC(=O)c2cc(OC(=O)c3cc(NS(C)(=O)=O)ccc3N(C)C(=O)n3nnc4ccccc43)c3ccccc3c2O)c1. The van der Waals surface area contributed by atoms with Gasteiger partial charge >= 0.3 is 18.0 Å². The first-order valence-electron chi connectivity index (χ1n) is 17.9. The molecule has 1 aromatic heterocycles. The van der Waals surface area contributed by atoms with E-state index in [0.717, 1.165) is 27.0 Å². The van der Waals surface area contributed by atoms with Crippen LogP contribution in [-0.2, 0) is 14.8 Å². The van der Waals surface area contributed by atoms with E-state index in [-0.39, 0.29) is 45.4 Å². The predicted octanol–water partition coefficient (Wildman–Crippen LogP) is 7.47. The number of aromatic nitrogens is 3. The van der Waals surface area contributed by atoms with Gasteiger partial charge in [-0.2, -0.15) is 4.68 Å². The van der Waals surface area contributed by atoms with Crippen molar-refractivity contribution >= 4 is 72.8 Å². The average molecular weight is 815 g/mol. The van der Waals surface area contributed by atoms with Crippen LogP contribution in [0.15, 0.2) is 121 Å². The molecule has 0 radical (unpaired) electrons. The highest BCUT2D eigenvalue weighted by molar-refractivity contribution is 7.92. The molecule has 6 aromatic carbocycles. The number of fused-ring (bicyclic) bond motifs is 2. The average Bonchev–Trinajstić information content (AvgIpc) is 3.64. The number of aryl methyl sites for hydroxylation is 2. The molecule has 0 atom stereocenters. The van der Waals surface area contributed by atoms with E-state index in [1.807, 2.05) is 44.2 Å². The maximum Gasteiger partial charge on any atom is 0.350 e. The van der Waals surface area contributed by atoms with Gasteiger partial charge in [0.2, 0.25) is 10.0 Å². The Morgan fingerprint density at radius 1 is 0.780 bits per heavy atom. The summed E-state index contributed by atoms with van der Waals surface area (Å²) in [6, 6.07) is 32.5. The van der Waals surface area contributed by atoms with Gasteiger partial charge in [-0.3, -0.25) is 19.2 Å². The number of aromatic hydroxyl groups is 1. The number of anilines is 3. The molecular formula is C43H38N6O9S. The molecule has 0 saturated heterocycles. The molecule has 16 heteroatoms. The Labute approximate surface area is 338 Å². The van der Waals surface area contributed by atoms with Crippen LogP contribution in [0, 0.1) is 13.8 Å². The van der Waals surface area contributed by atoms with E-state index < -0.39 is 27.9 Å². The number of nitrogens with one attached hydrogen (secondary N) is 2. The maximum atomic E-state index is 14.0. The maximum absolute atomic E-state index is 14.0. The highest BCUT2D eigenvalue weighted by atomic mass is 32.2. The number of benzene rings is 6. The minimum atomic E-state index is -3.75. The number of phenols is 1. The lowest BCUT2D eigenvalue weighted by molar-refractivity contribution is -0.131. The van der Waals surface area contributed by atoms with Gasteiger partial charge in [0.25, 0.3) is 5.91 Å².